The van der Waals surface area contributed by atoms with Crippen molar-refractivity contribution < 1.29 is 13.9 Å². The summed E-state index contributed by atoms with van der Waals surface area (Å²) in [6.45, 7) is 0. The molecule has 1 aliphatic rings. The van der Waals surface area contributed by atoms with E-state index in [1.165, 1.54) is 13.2 Å². The third-order valence-electron chi connectivity index (χ3n) is 4.47. The lowest BCUT2D eigenvalue weighted by Crippen LogP contribution is -2.11. The van der Waals surface area contributed by atoms with Gasteiger partial charge in [-0.05, 0) is 31.0 Å². The number of aromatic nitrogens is 1. The molecule has 1 saturated carbocycles. The third kappa shape index (κ3) is 2.76. The zero-order chi connectivity index (χ0) is 17.6. The molecule has 3 nitrogen and oxygen atoms in total. The molecule has 0 radical (unpaired) electrons. The first kappa shape index (κ1) is 16.0. The largest absolute Gasteiger partial charge is 0.465 e. The maximum Gasteiger partial charge on any atom is 0.340 e. The number of esters is 1. The van der Waals surface area contributed by atoms with Crippen molar-refractivity contribution in [1.29, 1.82) is 0 Å². The number of pyridine rings is 1. The zero-order valence-corrected chi connectivity index (χ0v) is 14.3. The van der Waals surface area contributed by atoms with Crippen molar-refractivity contribution in [2.24, 2.45) is 0 Å². The number of nitrogens with zero attached hydrogens (tertiary/aromatic N) is 1. The van der Waals surface area contributed by atoms with Crippen LogP contribution in [0.1, 0.15) is 34.8 Å². The molecule has 1 heterocycles. The minimum atomic E-state index is -0.496. The highest BCUT2D eigenvalue weighted by Crippen LogP contribution is 2.45. The fourth-order valence-electron chi connectivity index (χ4n) is 3.16. The Morgan fingerprint density at radius 3 is 2.68 bits per heavy atom. The Balaban J connectivity index is 2.16. The number of halogens is 2. The minimum absolute atomic E-state index is 0.197. The second-order valence-corrected chi connectivity index (χ2v) is 6.59. The van der Waals surface area contributed by atoms with Crippen molar-refractivity contribution in [3.05, 3.63) is 64.6 Å². The van der Waals surface area contributed by atoms with E-state index in [1.807, 2.05) is 0 Å². The van der Waals surface area contributed by atoms with Gasteiger partial charge >= 0.3 is 5.97 Å². The van der Waals surface area contributed by atoms with E-state index in [0.29, 0.717) is 38.3 Å². The minimum Gasteiger partial charge on any atom is -0.465 e. The van der Waals surface area contributed by atoms with E-state index >= 15 is 0 Å². The smallest absolute Gasteiger partial charge is 0.340 e. The highest BCUT2D eigenvalue weighted by molar-refractivity contribution is 6.31. The summed E-state index contributed by atoms with van der Waals surface area (Å²) in [4.78, 5) is 17.2. The van der Waals surface area contributed by atoms with Crippen molar-refractivity contribution in [1.82, 2.24) is 4.98 Å². The van der Waals surface area contributed by atoms with Crippen molar-refractivity contribution in [3.8, 4) is 11.1 Å². The van der Waals surface area contributed by atoms with Crippen LogP contribution in [0.5, 0.6) is 0 Å². The molecular formula is C20H15ClFNO2. The molecule has 5 heteroatoms. The maximum absolute atomic E-state index is 14.6. The molecule has 2 aromatic carbocycles. The van der Waals surface area contributed by atoms with Gasteiger partial charge in [0.25, 0.3) is 0 Å². The first-order valence-corrected chi connectivity index (χ1v) is 8.44. The molecule has 25 heavy (non-hydrogen) atoms. The van der Waals surface area contributed by atoms with Crippen molar-refractivity contribution in [2.75, 3.05) is 7.11 Å². The van der Waals surface area contributed by atoms with E-state index in [4.69, 9.17) is 16.3 Å². The Hall–Kier alpha value is -2.46. The highest BCUT2D eigenvalue weighted by Gasteiger charge is 2.33. The molecule has 1 aromatic heterocycles. The summed E-state index contributed by atoms with van der Waals surface area (Å²) in [6, 6.07) is 11.7. The van der Waals surface area contributed by atoms with Crippen LogP contribution in [-0.4, -0.2) is 18.1 Å². The van der Waals surface area contributed by atoms with Crippen LogP contribution >= 0.6 is 11.6 Å². The lowest BCUT2D eigenvalue weighted by Gasteiger charge is -2.16. The molecule has 0 aliphatic heterocycles. The van der Waals surface area contributed by atoms with E-state index < -0.39 is 11.8 Å². The second-order valence-electron chi connectivity index (χ2n) is 6.15. The van der Waals surface area contributed by atoms with Crippen LogP contribution in [0.2, 0.25) is 5.02 Å². The summed E-state index contributed by atoms with van der Waals surface area (Å²) in [5.74, 6) is -0.690. The van der Waals surface area contributed by atoms with Gasteiger partial charge in [-0.25, -0.2) is 9.18 Å². The molecule has 0 spiro atoms. The van der Waals surface area contributed by atoms with Crippen LogP contribution < -0.4 is 0 Å². The fourth-order valence-corrected chi connectivity index (χ4v) is 3.33. The number of rotatable bonds is 3. The standard InChI is InChI=1S/C20H15ClFNO2/c1-25-20(24)18-17(13-4-2-3-5-15(13)22)14-9-8-12(21)10-16(14)23-19(18)11-6-7-11/h2-5,8-11H,6-7H2,1H3. The van der Waals surface area contributed by atoms with Crippen LogP contribution in [0, 0.1) is 5.82 Å². The van der Waals surface area contributed by atoms with Crippen LogP contribution in [-0.2, 0) is 4.74 Å². The molecule has 0 amide bonds. The van der Waals surface area contributed by atoms with Gasteiger partial charge in [0.2, 0.25) is 0 Å². The summed E-state index contributed by atoms with van der Waals surface area (Å²) >= 11 is 6.12. The zero-order valence-electron chi connectivity index (χ0n) is 13.6. The molecule has 126 valence electrons. The summed E-state index contributed by atoms with van der Waals surface area (Å²) in [5.41, 5.74) is 2.55. The molecular weight excluding hydrogens is 341 g/mol. The van der Waals surface area contributed by atoms with E-state index in [-0.39, 0.29) is 5.92 Å². The normalized spacial score (nSPS) is 13.9. The van der Waals surface area contributed by atoms with Crippen LogP contribution in [0.15, 0.2) is 42.5 Å². The van der Waals surface area contributed by atoms with Gasteiger partial charge < -0.3 is 4.74 Å². The number of benzene rings is 2. The molecule has 0 bridgehead atoms. The van der Waals surface area contributed by atoms with E-state index in [1.54, 1.807) is 36.4 Å². The van der Waals surface area contributed by atoms with Gasteiger partial charge in [0.15, 0.2) is 0 Å². The predicted molar refractivity (Wildman–Crippen MR) is 95.5 cm³/mol. The number of hydrogen-bond donors (Lipinski definition) is 0. The number of ether oxygens (including phenoxy) is 1. The average Bonchev–Trinajstić information content (AvgIpc) is 3.45. The molecule has 0 saturated heterocycles. The average molecular weight is 356 g/mol. The van der Waals surface area contributed by atoms with E-state index in [0.717, 1.165) is 12.8 Å². The van der Waals surface area contributed by atoms with Crippen molar-refractivity contribution in [2.45, 2.75) is 18.8 Å². The van der Waals surface area contributed by atoms with Gasteiger partial charge in [-0.1, -0.05) is 35.9 Å². The summed E-state index contributed by atoms with van der Waals surface area (Å²) in [6.07, 6.45) is 1.92. The molecule has 3 aromatic rings. The molecule has 0 unspecified atom stereocenters. The second kappa shape index (κ2) is 6.12. The highest BCUT2D eigenvalue weighted by atomic mass is 35.5. The first-order valence-electron chi connectivity index (χ1n) is 8.06. The van der Waals surface area contributed by atoms with Crippen LogP contribution in [0.4, 0.5) is 4.39 Å². The maximum atomic E-state index is 14.6. The Morgan fingerprint density at radius 2 is 2.00 bits per heavy atom. The lowest BCUT2D eigenvalue weighted by atomic mass is 9.92. The number of carbonyl (C=O) groups is 1. The van der Waals surface area contributed by atoms with Gasteiger partial charge in [-0.15, -0.1) is 0 Å². The molecule has 0 atom stereocenters. The predicted octanol–water partition coefficient (Wildman–Crippen LogP) is 5.36. The topological polar surface area (TPSA) is 39.2 Å². The molecule has 4 rings (SSSR count). The fraction of sp³-hybridized carbons (Fsp3) is 0.200. The van der Waals surface area contributed by atoms with Crippen LogP contribution in [0.25, 0.3) is 22.0 Å². The van der Waals surface area contributed by atoms with Crippen LogP contribution in [0.3, 0.4) is 0 Å². The van der Waals surface area contributed by atoms with Gasteiger partial charge in [-0.2, -0.15) is 0 Å². The van der Waals surface area contributed by atoms with Crippen molar-refractivity contribution >= 4 is 28.5 Å². The number of carbonyl (C=O) groups excluding carboxylic acids is 1. The SMILES string of the molecule is COC(=O)c1c(C2CC2)nc2cc(Cl)ccc2c1-c1ccccc1F. The summed E-state index contributed by atoms with van der Waals surface area (Å²) in [7, 11) is 1.33. The molecule has 1 aliphatic carbocycles. The Labute approximate surface area is 149 Å². The number of fused-ring (bicyclic) bond motifs is 1. The monoisotopic (exact) mass is 355 g/mol. The molecule has 1 fully saturated rings. The molecule has 0 N–H and O–H groups in total. The third-order valence-corrected chi connectivity index (χ3v) is 4.71. The van der Waals surface area contributed by atoms with E-state index in [2.05, 4.69) is 4.98 Å². The Kier molecular flexibility index (Phi) is 3.92. The first-order chi connectivity index (χ1) is 12.1. The quantitative estimate of drug-likeness (QED) is 0.594. The van der Waals surface area contributed by atoms with Crippen molar-refractivity contribution in [3.63, 3.8) is 0 Å². The van der Waals surface area contributed by atoms with Gasteiger partial charge in [-0.3, -0.25) is 4.98 Å². The Morgan fingerprint density at radius 1 is 1.24 bits per heavy atom. The Bertz CT molecular complexity index is 998. The lowest BCUT2D eigenvalue weighted by molar-refractivity contribution is 0.0600. The summed E-state index contributed by atoms with van der Waals surface area (Å²) < 4.78 is 19.6. The van der Waals surface area contributed by atoms with Gasteiger partial charge in [0.05, 0.1) is 23.9 Å². The number of methoxy groups -OCH3 is 1. The van der Waals surface area contributed by atoms with E-state index in [9.17, 15) is 9.18 Å². The summed E-state index contributed by atoms with van der Waals surface area (Å²) in [5, 5.41) is 1.23. The van der Waals surface area contributed by atoms with Gasteiger partial charge in [0.1, 0.15) is 5.82 Å². The number of hydrogen-bond acceptors (Lipinski definition) is 3. The van der Waals surface area contributed by atoms with Gasteiger partial charge in [0, 0.05) is 27.5 Å².